The highest BCUT2D eigenvalue weighted by Gasteiger charge is 2.44. The van der Waals surface area contributed by atoms with Crippen molar-refractivity contribution in [2.75, 3.05) is 19.8 Å². The first-order valence-electron chi connectivity index (χ1n) is 25.4. The Morgan fingerprint density at radius 3 is 1.34 bits per heavy atom. The fraction of sp³-hybridized carbons (Fsp3) is 0.882. The highest BCUT2D eigenvalue weighted by Crippen LogP contribution is 2.23. The zero-order valence-electron chi connectivity index (χ0n) is 39.2. The van der Waals surface area contributed by atoms with E-state index >= 15 is 0 Å². The maximum Gasteiger partial charge on any atom is 0.306 e. The van der Waals surface area contributed by atoms with Crippen LogP contribution in [0.3, 0.4) is 0 Å². The van der Waals surface area contributed by atoms with Gasteiger partial charge in [-0.15, -0.1) is 0 Å². The number of ether oxygens (including phenoxy) is 4. The van der Waals surface area contributed by atoms with Gasteiger partial charge < -0.3 is 39.4 Å². The van der Waals surface area contributed by atoms with E-state index in [1.807, 2.05) is 6.08 Å². The lowest BCUT2D eigenvalue weighted by atomic mass is 9.99. The average Bonchev–Trinajstić information content (AvgIpc) is 3.26. The zero-order valence-corrected chi connectivity index (χ0v) is 39.2. The first-order chi connectivity index (χ1) is 29.8. The molecule has 0 amide bonds. The topological polar surface area (TPSA) is 152 Å². The Morgan fingerprint density at radius 1 is 0.492 bits per heavy atom. The summed E-state index contributed by atoms with van der Waals surface area (Å²) in [5, 5.41) is 40.1. The highest BCUT2D eigenvalue weighted by molar-refractivity contribution is 5.70. The van der Waals surface area contributed by atoms with Crippen LogP contribution in [0.15, 0.2) is 24.3 Å². The molecular weight excluding hydrogens is 773 g/mol. The molecule has 2 unspecified atom stereocenters. The van der Waals surface area contributed by atoms with Crippen LogP contribution in [0.4, 0.5) is 0 Å². The third-order valence-corrected chi connectivity index (χ3v) is 11.8. The summed E-state index contributed by atoms with van der Waals surface area (Å²) >= 11 is 0. The predicted octanol–water partition coefficient (Wildman–Crippen LogP) is 11.7. The van der Waals surface area contributed by atoms with Crippen LogP contribution in [0.2, 0.25) is 0 Å². The molecule has 0 saturated carbocycles. The molecule has 0 bridgehead atoms. The number of aliphatic hydroxyl groups is 4. The van der Waals surface area contributed by atoms with Crippen LogP contribution in [0.25, 0.3) is 0 Å². The predicted molar refractivity (Wildman–Crippen MR) is 247 cm³/mol. The zero-order chi connectivity index (χ0) is 44.4. The summed E-state index contributed by atoms with van der Waals surface area (Å²) in [7, 11) is 0. The van der Waals surface area contributed by atoms with Gasteiger partial charge in [0.25, 0.3) is 0 Å². The van der Waals surface area contributed by atoms with Crippen molar-refractivity contribution < 1.29 is 49.0 Å². The Kier molecular flexibility index (Phi) is 39.5. The molecule has 6 atom stereocenters. The molecule has 0 radical (unpaired) electrons. The van der Waals surface area contributed by atoms with Crippen molar-refractivity contribution in [2.45, 2.75) is 269 Å². The Morgan fingerprint density at radius 2 is 0.902 bits per heavy atom. The van der Waals surface area contributed by atoms with E-state index in [-0.39, 0.29) is 32.0 Å². The van der Waals surface area contributed by atoms with Crippen molar-refractivity contribution in [3.05, 3.63) is 24.3 Å². The molecule has 0 aliphatic carbocycles. The van der Waals surface area contributed by atoms with Gasteiger partial charge in [-0.3, -0.25) is 9.59 Å². The minimum atomic E-state index is -1.60. The smallest absolute Gasteiger partial charge is 0.306 e. The Labute approximate surface area is 373 Å². The molecule has 1 aliphatic heterocycles. The summed E-state index contributed by atoms with van der Waals surface area (Å²) in [6.45, 7) is 3.41. The van der Waals surface area contributed by atoms with Crippen molar-refractivity contribution in [1.29, 1.82) is 0 Å². The van der Waals surface area contributed by atoms with E-state index in [4.69, 9.17) is 18.9 Å². The molecule has 358 valence electrons. The van der Waals surface area contributed by atoms with Gasteiger partial charge in [0, 0.05) is 12.8 Å². The summed E-state index contributed by atoms with van der Waals surface area (Å²) in [4.78, 5) is 25.4. The summed E-state index contributed by atoms with van der Waals surface area (Å²) in [6.07, 6.45) is 40.6. The molecule has 4 N–H and O–H groups in total. The Bertz CT molecular complexity index is 1050. The maximum atomic E-state index is 12.8. The normalized spacial score (nSPS) is 19.9. The molecule has 10 heteroatoms. The van der Waals surface area contributed by atoms with E-state index < -0.39 is 49.4 Å². The highest BCUT2D eigenvalue weighted by atomic mass is 16.7. The Balaban J connectivity index is 2.26. The molecule has 1 fully saturated rings. The van der Waals surface area contributed by atoms with Crippen LogP contribution in [-0.2, 0) is 28.5 Å². The molecule has 1 saturated heterocycles. The fourth-order valence-electron chi connectivity index (χ4n) is 7.79. The molecule has 0 spiro atoms. The average molecular weight is 867 g/mol. The summed E-state index contributed by atoms with van der Waals surface area (Å²) in [5.74, 6) is -0.855. The van der Waals surface area contributed by atoms with Gasteiger partial charge in [-0.2, -0.15) is 0 Å². The molecule has 1 aliphatic rings. The standard InChI is InChI=1S/C51H94O10/c1-3-5-7-9-11-13-15-17-19-20-21-22-23-24-26-27-29-31-33-35-37-39-46(53)58-42-44(43-59-51-50(57)49(56)48(55)45(41-52)61-51)60-47(54)40-38-36-34-32-30-28-25-18-16-14-12-10-8-6-4-2/h17,19,34,36,44-45,48-52,55-57H,3-16,18,20-33,35,37-43H2,1-2H3/b19-17+,36-34+/t44-,45-,48+,49?,50?,51-/m0/s1. The van der Waals surface area contributed by atoms with Crippen LogP contribution in [0.1, 0.15) is 232 Å². The number of carbonyl (C=O) groups excluding carboxylic acids is 2. The minimum Gasteiger partial charge on any atom is -0.462 e. The van der Waals surface area contributed by atoms with Gasteiger partial charge in [0.1, 0.15) is 31.0 Å². The van der Waals surface area contributed by atoms with E-state index in [0.29, 0.717) is 6.42 Å². The van der Waals surface area contributed by atoms with E-state index in [9.17, 15) is 30.0 Å². The number of carbonyl (C=O) groups is 2. The number of hydrogen-bond acceptors (Lipinski definition) is 10. The van der Waals surface area contributed by atoms with Crippen molar-refractivity contribution in [2.24, 2.45) is 0 Å². The second-order valence-corrected chi connectivity index (χ2v) is 17.6. The lowest BCUT2D eigenvalue weighted by molar-refractivity contribution is -0.305. The Hall–Kier alpha value is -1.82. The number of aliphatic hydroxyl groups excluding tert-OH is 4. The van der Waals surface area contributed by atoms with Crippen LogP contribution >= 0.6 is 0 Å². The van der Waals surface area contributed by atoms with Crippen LogP contribution in [-0.4, -0.2) is 89.0 Å². The number of unbranched alkanes of at least 4 members (excludes halogenated alkanes) is 28. The summed E-state index contributed by atoms with van der Waals surface area (Å²) in [6, 6.07) is 0. The molecule has 0 aromatic rings. The van der Waals surface area contributed by atoms with Gasteiger partial charge in [0.15, 0.2) is 12.4 Å². The van der Waals surface area contributed by atoms with Gasteiger partial charge in [-0.05, 0) is 51.4 Å². The summed E-state index contributed by atoms with van der Waals surface area (Å²) < 4.78 is 22.2. The van der Waals surface area contributed by atoms with Crippen LogP contribution < -0.4 is 0 Å². The van der Waals surface area contributed by atoms with Crippen molar-refractivity contribution in [1.82, 2.24) is 0 Å². The van der Waals surface area contributed by atoms with Gasteiger partial charge in [-0.25, -0.2) is 0 Å². The van der Waals surface area contributed by atoms with Crippen LogP contribution in [0.5, 0.6) is 0 Å². The second kappa shape index (κ2) is 42.1. The largest absolute Gasteiger partial charge is 0.462 e. The number of hydrogen-bond donors (Lipinski definition) is 4. The SMILES string of the molecule is CCCCCCCC/C=C/CCCCCCCCCCCCCC(=O)OC[C@@H](CO[C@H]1O[C@@H](CO)[C@@H](O)C(O)C1O)OC(=O)CC/C=C/CCCCCCCCCCCCC. The third kappa shape index (κ3) is 33.4. The monoisotopic (exact) mass is 867 g/mol. The molecule has 0 aromatic heterocycles. The number of esters is 2. The first-order valence-corrected chi connectivity index (χ1v) is 25.4. The maximum absolute atomic E-state index is 12.8. The van der Waals surface area contributed by atoms with Crippen molar-refractivity contribution in [3.8, 4) is 0 Å². The fourth-order valence-corrected chi connectivity index (χ4v) is 7.79. The first kappa shape index (κ1) is 57.2. The number of rotatable bonds is 43. The molecular formula is C51H94O10. The summed E-state index contributed by atoms with van der Waals surface area (Å²) in [5.41, 5.74) is 0. The van der Waals surface area contributed by atoms with E-state index in [0.717, 1.165) is 32.1 Å². The van der Waals surface area contributed by atoms with Gasteiger partial charge in [0.05, 0.1) is 13.2 Å². The van der Waals surface area contributed by atoms with Crippen LogP contribution in [0, 0.1) is 0 Å². The van der Waals surface area contributed by atoms with E-state index in [1.54, 1.807) is 0 Å². The third-order valence-electron chi connectivity index (χ3n) is 11.8. The molecule has 0 aromatic carbocycles. The van der Waals surface area contributed by atoms with Crippen molar-refractivity contribution in [3.63, 3.8) is 0 Å². The lowest BCUT2D eigenvalue weighted by Gasteiger charge is -2.39. The number of allylic oxidation sites excluding steroid dienone is 4. The molecule has 1 rings (SSSR count). The van der Waals surface area contributed by atoms with E-state index in [2.05, 4.69) is 32.1 Å². The van der Waals surface area contributed by atoms with Gasteiger partial charge in [0.2, 0.25) is 0 Å². The van der Waals surface area contributed by atoms with Gasteiger partial charge in [-0.1, -0.05) is 192 Å². The second-order valence-electron chi connectivity index (χ2n) is 17.6. The molecule has 1 heterocycles. The van der Waals surface area contributed by atoms with Crippen molar-refractivity contribution >= 4 is 11.9 Å². The molecule has 61 heavy (non-hydrogen) atoms. The quantitative estimate of drug-likeness (QED) is 0.0265. The minimum absolute atomic E-state index is 0.149. The molecule has 10 nitrogen and oxygen atoms in total. The lowest BCUT2D eigenvalue weighted by Crippen LogP contribution is -2.59. The van der Waals surface area contributed by atoms with E-state index in [1.165, 1.54) is 167 Å². The van der Waals surface area contributed by atoms with Gasteiger partial charge >= 0.3 is 11.9 Å².